The Morgan fingerprint density at radius 3 is 3.08 bits per heavy atom. The van der Waals surface area contributed by atoms with Crippen molar-refractivity contribution in [2.75, 3.05) is 32.5 Å². The van der Waals surface area contributed by atoms with Crippen molar-refractivity contribution < 1.29 is 9.53 Å². The van der Waals surface area contributed by atoms with Gasteiger partial charge in [-0.1, -0.05) is 6.92 Å². The Morgan fingerprint density at radius 1 is 1.75 bits per heavy atom. The molecule has 0 radical (unpaired) electrons. The predicted octanol–water partition coefficient (Wildman–Crippen LogP) is 0.597. The van der Waals surface area contributed by atoms with Crippen LogP contribution in [0.15, 0.2) is 0 Å². The lowest BCUT2D eigenvalue weighted by molar-refractivity contribution is -0.140. The molecule has 0 aliphatic carbocycles. The topological polar surface area (TPSA) is 29.5 Å². The molecule has 12 heavy (non-hydrogen) atoms. The van der Waals surface area contributed by atoms with Gasteiger partial charge in [-0.3, -0.25) is 4.79 Å². The Morgan fingerprint density at radius 2 is 2.50 bits per heavy atom. The number of esters is 1. The van der Waals surface area contributed by atoms with Gasteiger partial charge in [-0.05, 0) is 6.54 Å². The zero-order valence-electron chi connectivity index (χ0n) is 7.58. The minimum Gasteiger partial charge on any atom is -0.468 e. The molecule has 4 heteroatoms. The summed E-state index contributed by atoms with van der Waals surface area (Å²) < 4.78 is 4.70. The van der Waals surface area contributed by atoms with E-state index in [2.05, 4.69) is 11.8 Å². The molecule has 1 fully saturated rings. The van der Waals surface area contributed by atoms with E-state index < -0.39 is 0 Å². The quantitative estimate of drug-likeness (QED) is 0.595. The van der Waals surface area contributed by atoms with E-state index in [0.29, 0.717) is 0 Å². The standard InChI is InChI=1S/C8H15NO2S/c1-3-9-4-5-12-7(6-9)8(10)11-2/h7H,3-6H2,1-2H3. The molecule has 0 spiro atoms. The van der Waals surface area contributed by atoms with Crippen molar-refractivity contribution in [3.05, 3.63) is 0 Å². The first-order chi connectivity index (χ1) is 5.77. The van der Waals surface area contributed by atoms with Crippen molar-refractivity contribution in [1.82, 2.24) is 4.90 Å². The van der Waals surface area contributed by atoms with Crippen molar-refractivity contribution in [3.8, 4) is 0 Å². The monoisotopic (exact) mass is 189 g/mol. The maximum atomic E-state index is 11.2. The molecule has 1 rings (SSSR count). The molecule has 70 valence electrons. The van der Waals surface area contributed by atoms with Crippen molar-refractivity contribution in [2.24, 2.45) is 0 Å². The first-order valence-corrected chi connectivity index (χ1v) is 5.24. The minimum absolute atomic E-state index is 0.0312. The van der Waals surface area contributed by atoms with Crippen LogP contribution in [0.1, 0.15) is 6.92 Å². The van der Waals surface area contributed by atoms with Crippen LogP contribution < -0.4 is 0 Å². The summed E-state index contributed by atoms with van der Waals surface area (Å²) in [6, 6.07) is 0. The van der Waals surface area contributed by atoms with E-state index in [1.165, 1.54) is 7.11 Å². The van der Waals surface area contributed by atoms with E-state index in [1.807, 2.05) is 0 Å². The lowest BCUT2D eigenvalue weighted by Gasteiger charge is -2.29. The van der Waals surface area contributed by atoms with E-state index >= 15 is 0 Å². The second-order valence-electron chi connectivity index (χ2n) is 2.78. The van der Waals surface area contributed by atoms with Gasteiger partial charge in [0.05, 0.1) is 7.11 Å². The van der Waals surface area contributed by atoms with E-state index in [9.17, 15) is 4.79 Å². The third kappa shape index (κ3) is 2.38. The average Bonchev–Trinajstić information content (AvgIpc) is 2.17. The Kier molecular flexibility index (Phi) is 3.88. The Balaban J connectivity index is 2.40. The summed E-state index contributed by atoms with van der Waals surface area (Å²) in [5.41, 5.74) is 0. The molecule has 0 aromatic carbocycles. The molecule has 0 aromatic heterocycles. The predicted molar refractivity (Wildman–Crippen MR) is 50.4 cm³/mol. The van der Waals surface area contributed by atoms with E-state index in [4.69, 9.17) is 4.74 Å². The maximum Gasteiger partial charge on any atom is 0.320 e. The number of thioether (sulfide) groups is 1. The van der Waals surface area contributed by atoms with Gasteiger partial charge in [0.25, 0.3) is 0 Å². The lowest BCUT2D eigenvalue weighted by atomic mass is 10.3. The Labute approximate surface area is 77.4 Å². The van der Waals surface area contributed by atoms with Gasteiger partial charge in [-0.15, -0.1) is 11.8 Å². The number of ether oxygens (including phenoxy) is 1. The summed E-state index contributed by atoms with van der Waals surface area (Å²) in [5, 5.41) is 0.0312. The highest BCUT2D eigenvalue weighted by molar-refractivity contribution is 8.00. The molecular formula is C8H15NO2S. The van der Waals surface area contributed by atoms with Gasteiger partial charge >= 0.3 is 5.97 Å². The summed E-state index contributed by atoms with van der Waals surface area (Å²) in [5.74, 6) is 0.950. The molecule has 1 unspecified atom stereocenters. The normalized spacial score (nSPS) is 25.3. The van der Waals surface area contributed by atoms with Gasteiger partial charge in [0.1, 0.15) is 5.25 Å². The molecule has 0 N–H and O–H groups in total. The first-order valence-electron chi connectivity index (χ1n) is 4.19. The molecule has 0 amide bonds. The number of methoxy groups -OCH3 is 1. The fourth-order valence-corrected chi connectivity index (χ4v) is 2.46. The van der Waals surface area contributed by atoms with Crippen LogP contribution in [0.2, 0.25) is 0 Å². The highest BCUT2D eigenvalue weighted by Crippen LogP contribution is 2.19. The zero-order chi connectivity index (χ0) is 8.97. The number of carbonyl (C=O) groups is 1. The second kappa shape index (κ2) is 4.72. The van der Waals surface area contributed by atoms with Gasteiger partial charge in [0, 0.05) is 18.8 Å². The highest BCUT2D eigenvalue weighted by atomic mass is 32.2. The van der Waals surface area contributed by atoms with E-state index in [-0.39, 0.29) is 11.2 Å². The lowest BCUT2D eigenvalue weighted by Crippen LogP contribution is -2.41. The highest BCUT2D eigenvalue weighted by Gasteiger charge is 2.25. The number of nitrogens with zero attached hydrogens (tertiary/aromatic N) is 1. The molecular weight excluding hydrogens is 174 g/mol. The third-order valence-electron chi connectivity index (χ3n) is 2.06. The number of rotatable bonds is 2. The summed E-state index contributed by atoms with van der Waals surface area (Å²) >= 11 is 1.70. The largest absolute Gasteiger partial charge is 0.468 e. The van der Waals surface area contributed by atoms with Crippen molar-refractivity contribution >= 4 is 17.7 Å². The molecule has 0 saturated carbocycles. The van der Waals surface area contributed by atoms with Gasteiger partial charge in [-0.25, -0.2) is 0 Å². The Hall–Kier alpha value is -0.220. The summed E-state index contributed by atoms with van der Waals surface area (Å²) in [4.78, 5) is 13.4. The van der Waals surface area contributed by atoms with Crippen LogP contribution >= 0.6 is 11.8 Å². The maximum absolute atomic E-state index is 11.2. The van der Waals surface area contributed by atoms with Crippen molar-refractivity contribution in [2.45, 2.75) is 12.2 Å². The summed E-state index contributed by atoms with van der Waals surface area (Å²) in [6.07, 6.45) is 0. The van der Waals surface area contributed by atoms with Crippen LogP contribution in [0.5, 0.6) is 0 Å². The van der Waals surface area contributed by atoms with Crippen LogP contribution in [0, 0.1) is 0 Å². The minimum atomic E-state index is -0.0850. The smallest absolute Gasteiger partial charge is 0.320 e. The Bertz CT molecular complexity index is 163. The van der Waals surface area contributed by atoms with E-state index in [0.717, 1.165) is 25.4 Å². The first kappa shape index (κ1) is 9.86. The van der Waals surface area contributed by atoms with Crippen molar-refractivity contribution in [1.29, 1.82) is 0 Å². The van der Waals surface area contributed by atoms with Crippen LogP contribution in [-0.2, 0) is 9.53 Å². The molecule has 1 heterocycles. The summed E-state index contributed by atoms with van der Waals surface area (Å²) in [6.45, 7) is 5.07. The number of carbonyl (C=O) groups excluding carboxylic acids is 1. The second-order valence-corrected chi connectivity index (χ2v) is 4.09. The van der Waals surface area contributed by atoms with Crippen LogP contribution in [0.25, 0.3) is 0 Å². The third-order valence-corrected chi connectivity index (χ3v) is 3.22. The number of hydrogen-bond donors (Lipinski definition) is 0. The molecule has 1 atom stereocenters. The van der Waals surface area contributed by atoms with Gasteiger partial charge in [0.15, 0.2) is 0 Å². The van der Waals surface area contributed by atoms with Crippen LogP contribution in [-0.4, -0.2) is 48.6 Å². The molecule has 1 saturated heterocycles. The van der Waals surface area contributed by atoms with Crippen LogP contribution in [0.3, 0.4) is 0 Å². The molecule has 0 aromatic rings. The zero-order valence-corrected chi connectivity index (χ0v) is 8.39. The van der Waals surface area contributed by atoms with Crippen LogP contribution in [0.4, 0.5) is 0 Å². The molecule has 0 bridgehead atoms. The van der Waals surface area contributed by atoms with Crippen molar-refractivity contribution in [3.63, 3.8) is 0 Å². The van der Waals surface area contributed by atoms with Gasteiger partial charge in [-0.2, -0.15) is 0 Å². The molecule has 1 aliphatic heterocycles. The van der Waals surface area contributed by atoms with Gasteiger partial charge in [0.2, 0.25) is 0 Å². The molecule has 1 aliphatic rings. The summed E-state index contributed by atoms with van der Waals surface area (Å²) in [7, 11) is 1.45. The number of hydrogen-bond acceptors (Lipinski definition) is 4. The van der Waals surface area contributed by atoms with Gasteiger partial charge < -0.3 is 9.64 Å². The fraction of sp³-hybridized carbons (Fsp3) is 0.875. The van der Waals surface area contributed by atoms with E-state index in [1.54, 1.807) is 11.8 Å². The average molecular weight is 189 g/mol. The fourth-order valence-electron chi connectivity index (χ4n) is 1.26. The SMILES string of the molecule is CCN1CCSC(C(=O)OC)C1. The molecule has 3 nitrogen and oxygen atoms in total.